The van der Waals surface area contributed by atoms with Crippen LogP contribution in [0.15, 0.2) is 78.9 Å². The van der Waals surface area contributed by atoms with Crippen LogP contribution in [0, 0.1) is 0 Å². The van der Waals surface area contributed by atoms with Crippen molar-refractivity contribution < 1.29 is 19.3 Å². The van der Waals surface area contributed by atoms with Crippen LogP contribution in [0.25, 0.3) is 0 Å². The van der Waals surface area contributed by atoms with Gasteiger partial charge in [0.15, 0.2) is 0 Å². The van der Waals surface area contributed by atoms with Crippen LogP contribution in [0.5, 0.6) is 23.0 Å². The van der Waals surface area contributed by atoms with E-state index < -0.39 is 8.38 Å². The second kappa shape index (κ2) is 13.7. The quantitative estimate of drug-likeness (QED) is 0.164. The van der Waals surface area contributed by atoms with Gasteiger partial charge in [-0.15, -0.1) is 0 Å². The molecule has 4 nitrogen and oxygen atoms in total. The molecule has 0 radical (unpaired) electrons. The molecule has 0 saturated heterocycles. The summed E-state index contributed by atoms with van der Waals surface area (Å²) in [5, 5.41) is 25.6. The molecule has 55 heavy (non-hydrogen) atoms. The van der Waals surface area contributed by atoms with Crippen LogP contribution in [-0.4, -0.2) is 10.2 Å². The minimum atomic E-state index is -1.63. The summed E-state index contributed by atoms with van der Waals surface area (Å²) in [6.45, 7) is 26.9. The fraction of sp³-hybridized carbons (Fsp3) is 0.400. The lowest BCUT2D eigenvalue weighted by atomic mass is 9.79. The van der Waals surface area contributed by atoms with Crippen molar-refractivity contribution in [2.75, 3.05) is 0 Å². The van der Waals surface area contributed by atoms with E-state index in [2.05, 4.69) is 144 Å². The summed E-state index contributed by atoms with van der Waals surface area (Å²) < 4.78 is 14.5. The van der Waals surface area contributed by atoms with E-state index in [0.29, 0.717) is 25.7 Å². The molecule has 3 aliphatic rings. The van der Waals surface area contributed by atoms with Gasteiger partial charge < -0.3 is 19.3 Å². The molecule has 0 saturated carbocycles. The van der Waals surface area contributed by atoms with Crippen molar-refractivity contribution in [1.29, 1.82) is 0 Å². The zero-order chi connectivity index (χ0) is 39.8. The SMILES string of the molecule is CC(C)(C)c1cc2c(O)c(c1)Cc1cc(C(C)(C)C)cc3c1OP(c1ccccc1)Oc1c(cc(C(C)(C)C)cc1C3)Cc1cc(C(C)(C)C)cc(c1O)C2. The molecule has 2 N–H and O–H groups in total. The summed E-state index contributed by atoms with van der Waals surface area (Å²) in [4.78, 5) is 0. The third-order valence-electron chi connectivity index (χ3n) is 11.3. The Morgan fingerprint density at radius 1 is 0.400 bits per heavy atom. The van der Waals surface area contributed by atoms with Gasteiger partial charge in [0.2, 0.25) is 0 Å². The van der Waals surface area contributed by atoms with E-state index in [-0.39, 0.29) is 33.2 Å². The van der Waals surface area contributed by atoms with Crippen molar-refractivity contribution in [2.45, 2.75) is 130 Å². The van der Waals surface area contributed by atoms with Gasteiger partial charge in [0.05, 0.1) is 5.30 Å². The Kier molecular flexibility index (Phi) is 9.73. The zero-order valence-corrected chi connectivity index (χ0v) is 35.9. The number of phenols is 2. The standard InChI is InChI=1S/C50H59O4P/c1-47(2,3)38-22-30-18-31-23-39(48(4,5)6)25-33(44(31)52)20-35-27-41(50(10,11)12)29-37-21-36-28-40(49(7,8)9)26-34(19-32(24-38)43(30)51)45(36)53-55(54-46(35)37)42-16-14-13-15-17-42/h13-17,22-29,51-52H,18-21H2,1-12H3. The molecule has 0 aromatic heterocycles. The molecular weight excluding hydrogens is 696 g/mol. The van der Waals surface area contributed by atoms with E-state index in [9.17, 15) is 10.2 Å². The van der Waals surface area contributed by atoms with Gasteiger partial charge in [0.25, 0.3) is 0 Å². The second-order valence-corrected chi connectivity index (χ2v) is 21.4. The molecule has 2 heterocycles. The molecule has 1 aliphatic carbocycles. The molecule has 8 rings (SSSR count). The van der Waals surface area contributed by atoms with Gasteiger partial charge in [-0.1, -0.05) is 150 Å². The maximum atomic E-state index is 12.3. The Bertz CT molecular complexity index is 2130. The molecule has 5 aromatic carbocycles. The van der Waals surface area contributed by atoms with Gasteiger partial charge >= 0.3 is 8.38 Å². The lowest BCUT2D eigenvalue weighted by molar-refractivity contribution is 0.453. The number of fused-ring (bicyclic) bond motifs is 2. The van der Waals surface area contributed by atoms with Crippen molar-refractivity contribution in [2.24, 2.45) is 0 Å². The van der Waals surface area contributed by atoms with Gasteiger partial charge in [-0.25, -0.2) is 0 Å². The Labute approximate surface area is 330 Å². The summed E-state index contributed by atoms with van der Waals surface area (Å²) in [7, 11) is -1.63. The van der Waals surface area contributed by atoms with Crippen LogP contribution in [0.4, 0.5) is 0 Å². The lowest BCUT2D eigenvalue weighted by Gasteiger charge is -2.32. The Morgan fingerprint density at radius 2 is 0.655 bits per heavy atom. The summed E-state index contributed by atoms with van der Waals surface area (Å²) >= 11 is 0. The smallest absolute Gasteiger partial charge is 0.326 e. The summed E-state index contributed by atoms with van der Waals surface area (Å²) in [6, 6.07) is 28.2. The van der Waals surface area contributed by atoms with Crippen molar-refractivity contribution in [3.8, 4) is 23.0 Å². The summed E-state index contributed by atoms with van der Waals surface area (Å²) in [5.41, 5.74) is 11.8. The van der Waals surface area contributed by atoms with Gasteiger partial charge in [0.1, 0.15) is 23.0 Å². The highest BCUT2D eigenvalue weighted by molar-refractivity contribution is 7.56. The van der Waals surface area contributed by atoms with Crippen molar-refractivity contribution in [3.05, 3.63) is 146 Å². The largest absolute Gasteiger partial charge is 0.507 e. The van der Waals surface area contributed by atoms with Crippen LogP contribution in [0.2, 0.25) is 0 Å². The van der Waals surface area contributed by atoms with Crippen LogP contribution >= 0.6 is 8.38 Å². The van der Waals surface area contributed by atoms with Crippen molar-refractivity contribution in [3.63, 3.8) is 0 Å². The molecule has 288 valence electrons. The normalized spacial score (nSPS) is 15.0. The van der Waals surface area contributed by atoms with Gasteiger partial charge in [-0.2, -0.15) is 0 Å². The van der Waals surface area contributed by atoms with E-state index in [1.807, 2.05) is 18.2 Å². The first-order chi connectivity index (χ1) is 25.6. The van der Waals surface area contributed by atoms with Crippen LogP contribution < -0.4 is 14.4 Å². The molecule has 10 bridgehead atoms. The maximum absolute atomic E-state index is 12.3. The summed E-state index contributed by atoms with van der Waals surface area (Å²) in [5.74, 6) is 2.21. The summed E-state index contributed by atoms with van der Waals surface area (Å²) in [6.07, 6.45) is 1.98. The second-order valence-electron chi connectivity index (χ2n) is 20.0. The molecule has 5 heteroatoms. The van der Waals surface area contributed by atoms with E-state index in [0.717, 1.165) is 72.4 Å². The number of hydrogen-bond donors (Lipinski definition) is 2. The van der Waals surface area contributed by atoms with E-state index in [4.69, 9.17) is 9.05 Å². The molecule has 5 aromatic rings. The highest BCUT2D eigenvalue weighted by Crippen LogP contribution is 2.51. The average molecular weight is 755 g/mol. The molecule has 0 amide bonds. The van der Waals surface area contributed by atoms with Crippen molar-refractivity contribution >= 4 is 13.7 Å². The molecular formula is C50H59O4P. The monoisotopic (exact) mass is 754 g/mol. The highest BCUT2D eigenvalue weighted by Gasteiger charge is 2.33. The minimum absolute atomic E-state index is 0.125. The van der Waals surface area contributed by atoms with Crippen LogP contribution in [-0.2, 0) is 47.3 Å². The Hall–Kier alpha value is -4.27. The number of aromatic hydroxyl groups is 2. The fourth-order valence-corrected chi connectivity index (χ4v) is 9.18. The third kappa shape index (κ3) is 7.90. The molecule has 0 atom stereocenters. The van der Waals surface area contributed by atoms with E-state index >= 15 is 0 Å². The Balaban J connectivity index is 1.63. The van der Waals surface area contributed by atoms with E-state index in [1.54, 1.807) is 0 Å². The molecule has 0 unspecified atom stereocenters. The molecule has 2 aliphatic heterocycles. The minimum Gasteiger partial charge on any atom is -0.507 e. The van der Waals surface area contributed by atoms with Crippen molar-refractivity contribution in [1.82, 2.24) is 0 Å². The highest BCUT2D eigenvalue weighted by atomic mass is 31.2. The zero-order valence-electron chi connectivity index (χ0n) is 35.0. The number of benzene rings is 5. The average Bonchev–Trinajstić information content (AvgIpc) is 3.06. The third-order valence-corrected chi connectivity index (χ3v) is 12.7. The first-order valence-electron chi connectivity index (χ1n) is 19.8. The van der Waals surface area contributed by atoms with Gasteiger partial charge in [0, 0.05) is 25.7 Å². The first-order valence-corrected chi connectivity index (χ1v) is 21.0. The number of hydrogen-bond acceptors (Lipinski definition) is 4. The Morgan fingerprint density at radius 3 is 0.945 bits per heavy atom. The maximum Gasteiger partial charge on any atom is 0.326 e. The van der Waals surface area contributed by atoms with Crippen LogP contribution in [0.1, 0.15) is 150 Å². The predicted octanol–water partition coefficient (Wildman–Crippen LogP) is 12.4. The topological polar surface area (TPSA) is 58.9 Å². The number of rotatable bonds is 1. The predicted molar refractivity (Wildman–Crippen MR) is 229 cm³/mol. The fourth-order valence-electron chi connectivity index (χ4n) is 7.72. The molecule has 0 fully saturated rings. The van der Waals surface area contributed by atoms with Crippen LogP contribution in [0.3, 0.4) is 0 Å². The number of phenolic OH excluding ortho intramolecular Hbond substituents is 2. The van der Waals surface area contributed by atoms with Gasteiger partial charge in [-0.3, -0.25) is 0 Å². The first kappa shape index (κ1) is 39.0. The van der Waals surface area contributed by atoms with E-state index in [1.165, 1.54) is 11.1 Å². The van der Waals surface area contributed by atoms with Gasteiger partial charge in [-0.05, 0) is 101 Å². The lowest BCUT2D eigenvalue weighted by Crippen LogP contribution is -2.19. The molecule has 0 spiro atoms.